The average Bonchev–Trinajstić information content (AvgIpc) is 1.88. The lowest BCUT2D eigenvalue weighted by atomic mass is 9.96. The molecule has 0 unspecified atom stereocenters. The Morgan fingerprint density at radius 3 is 2.10 bits per heavy atom. The molecule has 0 rings (SSSR count). The molecule has 0 bridgehead atoms. The molecule has 0 radical (unpaired) electrons. The van der Waals surface area contributed by atoms with Crippen molar-refractivity contribution in [2.45, 2.75) is 26.7 Å². The Labute approximate surface area is 62.9 Å². The lowest BCUT2D eigenvalue weighted by Gasteiger charge is -2.13. The molecule has 0 aromatic rings. The van der Waals surface area contributed by atoms with Crippen LogP contribution in [0.4, 0.5) is 0 Å². The molecule has 2 N–H and O–H groups in total. The monoisotopic (exact) mass is 146 g/mol. The van der Waals surface area contributed by atoms with Crippen molar-refractivity contribution in [1.82, 2.24) is 0 Å². The highest BCUT2D eigenvalue weighted by Gasteiger charge is 2.06. The summed E-state index contributed by atoms with van der Waals surface area (Å²) in [5.41, 5.74) is 0. The first-order valence-corrected chi connectivity index (χ1v) is 3.92. The van der Waals surface area contributed by atoms with Gasteiger partial charge in [0.25, 0.3) is 0 Å². The van der Waals surface area contributed by atoms with Gasteiger partial charge in [-0.05, 0) is 24.7 Å². The molecule has 10 heavy (non-hydrogen) atoms. The van der Waals surface area contributed by atoms with E-state index in [-0.39, 0.29) is 13.2 Å². The van der Waals surface area contributed by atoms with Crippen LogP contribution in [0.25, 0.3) is 0 Å². The Bertz CT molecular complexity index is 73.7. The molecule has 2 nitrogen and oxygen atoms in total. The van der Waals surface area contributed by atoms with Crippen LogP contribution in [0.5, 0.6) is 0 Å². The molecule has 0 saturated heterocycles. The molecule has 0 aliphatic heterocycles. The van der Waals surface area contributed by atoms with E-state index in [0.717, 1.165) is 12.8 Å². The van der Waals surface area contributed by atoms with Crippen LogP contribution in [0.3, 0.4) is 0 Å². The Balaban J connectivity index is 3.27. The standard InChI is InChI=1S/C8H18O2/c1-7(3-4-9)5-8(2)6-10/h7-10H,3-6H2,1-2H3/t7-,8-/m1/s1. The van der Waals surface area contributed by atoms with Gasteiger partial charge in [0.05, 0.1) is 0 Å². The fraction of sp³-hybridized carbons (Fsp3) is 1.00. The SMILES string of the molecule is C[C@H](CCO)C[C@@H](C)CO. The second-order valence-electron chi connectivity index (χ2n) is 3.14. The summed E-state index contributed by atoms with van der Waals surface area (Å²) in [7, 11) is 0. The summed E-state index contributed by atoms with van der Waals surface area (Å²) in [5, 5.41) is 17.2. The van der Waals surface area contributed by atoms with Gasteiger partial charge in [-0.25, -0.2) is 0 Å². The van der Waals surface area contributed by atoms with E-state index in [1.54, 1.807) is 0 Å². The van der Waals surface area contributed by atoms with Gasteiger partial charge >= 0.3 is 0 Å². The molecule has 2 atom stereocenters. The maximum atomic E-state index is 8.69. The van der Waals surface area contributed by atoms with Crippen molar-refractivity contribution in [1.29, 1.82) is 0 Å². The van der Waals surface area contributed by atoms with Crippen molar-refractivity contribution >= 4 is 0 Å². The van der Waals surface area contributed by atoms with Crippen molar-refractivity contribution in [2.75, 3.05) is 13.2 Å². The predicted octanol–water partition coefficient (Wildman–Crippen LogP) is 1.02. The van der Waals surface area contributed by atoms with E-state index in [1.165, 1.54) is 0 Å². The molecule has 0 fully saturated rings. The zero-order chi connectivity index (χ0) is 7.98. The van der Waals surface area contributed by atoms with Gasteiger partial charge in [0, 0.05) is 13.2 Å². The van der Waals surface area contributed by atoms with Crippen molar-refractivity contribution in [3.05, 3.63) is 0 Å². The Morgan fingerprint density at radius 1 is 1.10 bits per heavy atom. The number of hydrogen-bond acceptors (Lipinski definition) is 2. The van der Waals surface area contributed by atoms with Crippen LogP contribution < -0.4 is 0 Å². The van der Waals surface area contributed by atoms with Gasteiger partial charge < -0.3 is 10.2 Å². The first-order valence-electron chi connectivity index (χ1n) is 3.92. The average molecular weight is 146 g/mol. The summed E-state index contributed by atoms with van der Waals surface area (Å²) in [5.74, 6) is 0.911. The molecule has 62 valence electrons. The number of aliphatic hydroxyl groups excluding tert-OH is 2. The minimum absolute atomic E-state index is 0.260. The van der Waals surface area contributed by atoms with Crippen LogP contribution in [0.15, 0.2) is 0 Å². The van der Waals surface area contributed by atoms with Crippen LogP contribution in [-0.4, -0.2) is 23.4 Å². The predicted molar refractivity (Wildman–Crippen MR) is 41.7 cm³/mol. The van der Waals surface area contributed by atoms with E-state index < -0.39 is 0 Å². The molecule has 0 saturated carbocycles. The zero-order valence-electron chi connectivity index (χ0n) is 6.88. The highest BCUT2D eigenvalue weighted by atomic mass is 16.3. The van der Waals surface area contributed by atoms with Gasteiger partial charge in [-0.1, -0.05) is 13.8 Å². The first kappa shape index (κ1) is 9.92. The van der Waals surface area contributed by atoms with Crippen molar-refractivity contribution < 1.29 is 10.2 Å². The highest BCUT2D eigenvalue weighted by Crippen LogP contribution is 2.13. The Kier molecular flexibility index (Phi) is 5.64. The normalized spacial score (nSPS) is 16.8. The van der Waals surface area contributed by atoms with E-state index in [4.69, 9.17) is 10.2 Å². The second-order valence-corrected chi connectivity index (χ2v) is 3.14. The van der Waals surface area contributed by atoms with E-state index in [2.05, 4.69) is 6.92 Å². The quantitative estimate of drug-likeness (QED) is 0.608. The van der Waals surface area contributed by atoms with Crippen LogP contribution in [0.2, 0.25) is 0 Å². The molecule has 2 heteroatoms. The number of hydrogen-bond donors (Lipinski definition) is 2. The smallest absolute Gasteiger partial charge is 0.0456 e. The summed E-state index contributed by atoms with van der Waals surface area (Å²) in [4.78, 5) is 0. The van der Waals surface area contributed by atoms with Crippen molar-refractivity contribution in [3.63, 3.8) is 0 Å². The van der Waals surface area contributed by atoms with Gasteiger partial charge in [-0.15, -0.1) is 0 Å². The lowest BCUT2D eigenvalue weighted by molar-refractivity contribution is 0.198. The second kappa shape index (κ2) is 5.69. The fourth-order valence-corrected chi connectivity index (χ4v) is 1.10. The molecule has 0 aromatic carbocycles. The summed E-state index contributed by atoms with van der Waals surface area (Å²) in [6.07, 6.45) is 1.86. The fourth-order valence-electron chi connectivity index (χ4n) is 1.10. The molecule has 0 heterocycles. The van der Waals surface area contributed by atoms with Crippen LogP contribution >= 0.6 is 0 Å². The number of aliphatic hydroxyl groups is 2. The third-order valence-corrected chi connectivity index (χ3v) is 1.74. The van der Waals surface area contributed by atoms with E-state index >= 15 is 0 Å². The van der Waals surface area contributed by atoms with Crippen molar-refractivity contribution in [3.8, 4) is 0 Å². The van der Waals surface area contributed by atoms with Gasteiger partial charge in [-0.2, -0.15) is 0 Å². The first-order chi connectivity index (χ1) is 4.70. The maximum absolute atomic E-state index is 8.69. The maximum Gasteiger partial charge on any atom is 0.0456 e. The zero-order valence-corrected chi connectivity index (χ0v) is 6.88. The minimum atomic E-state index is 0.260. The summed E-state index contributed by atoms with van der Waals surface area (Å²) in [6.45, 7) is 4.64. The Morgan fingerprint density at radius 2 is 1.70 bits per heavy atom. The third-order valence-electron chi connectivity index (χ3n) is 1.74. The van der Waals surface area contributed by atoms with Crippen LogP contribution in [0, 0.1) is 11.8 Å². The van der Waals surface area contributed by atoms with Crippen molar-refractivity contribution in [2.24, 2.45) is 11.8 Å². The molecule has 0 aliphatic carbocycles. The molecular formula is C8H18O2. The molecular weight excluding hydrogens is 128 g/mol. The van der Waals surface area contributed by atoms with Crippen LogP contribution in [-0.2, 0) is 0 Å². The van der Waals surface area contributed by atoms with Gasteiger partial charge in [0.1, 0.15) is 0 Å². The minimum Gasteiger partial charge on any atom is -0.396 e. The molecule has 0 aromatic heterocycles. The molecule has 0 spiro atoms. The van der Waals surface area contributed by atoms with Crippen LogP contribution in [0.1, 0.15) is 26.7 Å². The summed E-state index contributed by atoms with van der Waals surface area (Å²) >= 11 is 0. The van der Waals surface area contributed by atoms with Gasteiger partial charge in [0.2, 0.25) is 0 Å². The lowest BCUT2D eigenvalue weighted by Crippen LogP contribution is -2.08. The summed E-state index contributed by atoms with van der Waals surface area (Å²) < 4.78 is 0. The van der Waals surface area contributed by atoms with E-state index in [0.29, 0.717) is 11.8 Å². The molecule has 0 aliphatic rings. The number of rotatable bonds is 5. The Hall–Kier alpha value is -0.0800. The topological polar surface area (TPSA) is 40.5 Å². The third kappa shape index (κ3) is 4.77. The van der Waals surface area contributed by atoms with E-state index in [1.807, 2.05) is 6.92 Å². The van der Waals surface area contributed by atoms with E-state index in [9.17, 15) is 0 Å². The largest absolute Gasteiger partial charge is 0.396 e. The molecule has 0 amide bonds. The highest BCUT2D eigenvalue weighted by molar-refractivity contribution is 4.57. The van der Waals surface area contributed by atoms with Gasteiger partial charge in [0.15, 0.2) is 0 Å². The van der Waals surface area contributed by atoms with Gasteiger partial charge in [-0.3, -0.25) is 0 Å². The summed E-state index contributed by atoms with van der Waals surface area (Å²) in [6, 6.07) is 0.